The lowest BCUT2D eigenvalue weighted by Crippen LogP contribution is -2.47. The maximum absolute atomic E-state index is 12.9. The standard InChI is InChI=1S/C21H26ClN3O3/c1-14(20(26)25-8-10-28-11-9-25)15-4-6-24(7-5-15)21(27)19-13-16-12-17(22)2-3-18(16)23-19/h2-3,12-15,23H,4-11H2,1H3. The van der Waals surface area contributed by atoms with E-state index in [0.29, 0.717) is 56.0 Å². The van der Waals surface area contributed by atoms with Crippen molar-refractivity contribution in [3.63, 3.8) is 0 Å². The number of carbonyl (C=O) groups excluding carboxylic acids is 2. The highest BCUT2D eigenvalue weighted by Gasteiger charge is 2.33. The first-order valence-corrected chi connectivity index (χ1v) is 10.3. The SMILES string of the molecule is CC(C(=O)N1CCOCC1)C1CCN(C(=O)c2cc3cc(Cl)ccc3[nH]2)CC1. The van der Waals surface area contributed by atoms with Crippen LogP contribution in [-0.4, -0.2) is 66.0 Å². The summed E-state index contributed by atoms with van der Waals surface area (Å²) in [5.41, 5.74) is 1.50. The molecule has 2 amide bonds. The summed E-state index contributed by atoms with van der Waals surface area (Å²) in [5, 5.41) is 1.60. The average Bonchev–Trinajstić information content (AvgIpc) is 3.16. The normalized spacial score (nSPS) is 19.8. The maximum Gasteiger partial charge on any atom is 0.270 e. The molecule has 0 bridgehead atoms. The molecule has 4 rings (SSSR count). The van der Waals surface area contributed by atoms with Crippen molar-refractivity contribution in [1.29, 1.82) is 0 Å². The van der Waals surface area contributed by atoms with Crippen LogP contribution in [0, 0.1) is 11.8 Å². The first-order chi connectivity index (χ1) is 13.5. The van der Waals surface area contributed by atoms with Crippen LogP contribution in [0.3, 0.4) is 0 Å². The molecule has 2 aliphatic rings. The topological polar surface area (TPSA) is 65.6 Å². The third-order valence-corrected chi connectivity index (χ3v) is 6.29. The summed E-state index contributed by atoms with van der Waals surface area (Å²) < 4.78 is 5.34. The van der Waals surface area contributed by atoms with Gasteiger partial charge in [-0.3, -0.25) is 9.59 Å². The van der Waals surface area contributed by atoms with Crippen molar-refractivity contribution < 1.29 is 14.3 Å². The van der Waals surface area contributed by atoms with E-state index in [2.05, 4.69) is 4.98 Å². The van der Waals surface area contributed by atoms with E-state index >= 15 is 0 Å². The molecule has 0 radical (unpaired) electrons. The lowest BCUT2D eigenvalue weighted by molar-refractivity contribution is -0.141. The highest BCUT2D eigenvalue weighted by atomic mass is 35.5. The maximum atomic E-state index is 12.9. The van der Waals surface area contributed by atoms with Crippen molar-refractivity contribution in [2.75, 3.05) is 39.4 Å². The van der Waals surface area contributed by atoms with Gasteiger partial charge in [0, 0.05) is 48.0 Å². The Hall–Kier alpha value is -2.05. The number of likely N-dealkylation sites (tertiary alicyclic amines) is 1. The molecule has 7 heteroatoms. The predicted molar refractivity (Wildman–Crippen MR) is 108 cm³/mol. The number of aromatic nitrogens is 1. The van der Waals surface area contributed by atoms with Crippen molar-refractivity contribution in [3.05, 3.63) is 35.0 Å². The molecule has 28 heavy (non-hydrogen) atoms. The Morgan fingerprint density at radius 3 is 2.54 bits per heavy atom. The zero-order valence-electron chi connectivity index (χ0n) is 16.1. The smallest absolute Gasteiger partial charge is 0.270 e. The van der Waals surface area contributed by atoms with E-state index in [-0.39, 0.29) is 17.7 Å². The summed E-state index contributed by atoms with van der Waals surface area (Å²) in [6.07, 6.45) is 1.71. The summed E-state index contributed by atoms with van der Waals surface area (Å²) in [4.78, 5) is 32.6. The summed E-state index contributed by atoms with van der Waals surface area (Å²) in [6.45, 7) is 6.01. The molecule has 1 unspecified atom stereocenters. The molecule has 6 nitrogen and oxygen atoms in total. The summed E-state index contributed by atoms with van der Waals surface area (Å²) in [7, 11) is 0. The first-order valence-electron chi connectivity index (χ1n) is 9.97. The Bertz CT molecular complexity index is 867. The van der Waals surface area contributed by atoms with Gasteiger partial charge in [-0.05, 0) is 43.0 Å². The van der Waals surface area contributed by atoms with Crippen LogP contribution in [0.4, 0.5) is 0 Å². The highest BCUT2D eigenvalue weighted by Crippen LogP contribution is 2.28. The number of H-pyrrole nitrogens is 1. The van der Waals surface area contributed by atoms with E-state index < -0.39 is 0 Å². The number of piperidine rings is 1. The highest BCUT2D eigenvalue weighted by molar-refractivity contribution is 6.31. The Morgan fingerprint density at radius 1 is 1.11 bits per heavy atom. The number of amides is 2. The van der Waals surface area contributed by atoms with Gasteiger partial charge in [0.1, 0.15) is 5.69 Å². The third-order valence-electron chi connectivity index (χ3n) is 6.06. The molecular formula is C21H26ClN3O3. The van der Waals surface area contributed by atoms with Crippen LogP contribution in [0.1, 0.15) is 30.3 Å². The summed E-state index contributed by atoms with van der Waals surface area (Å²) >= 11 is 6.04. The molecule has 0 aliphatic carbocycles. The molecule has 2 aliphatic heterocycles. The molecule has 2 saturated heterocycles. The van der Waals surface area contributed by atoms with Gasteiger partial charge in [-0.25, -0.2) is 0 Å². The number of hydrogen-bond donors (Lipinski definition) is 1. The summed E-state index contributed by atoms with van der Waals surface area (Å²) in [5.74, 6) is 0.546. The second kappa shape index (κ2) is 8.13. The Labute approximate surface area is 169 Å². The number of nitrogens with one attached hydrogen (secondary N) is 1. The quantitative estimate of drug-likeness (QED) is 0.856. The van der Waals surface area contributed by atoms with E-state index in [1.807, 2.05) is 41.0 Å². The van der Waals surface area contributed by atoms with Gasteiger partial charge in [-0.2, -0.15) is 0 Å². The minimum absolute atomic E-state index is 0.00873. The number of halogens is 1. The Balaban J connectivity index is 1.36. The number of morpholine rings is 1. The molecule has 1 aromatic heterocycles. The van der Waals surface area contributed by atoms with Crippen LogP contribution in [0.25, 0.3) is 10.9 Å². The fourth-order valence-corrected chi connectivity index (χ4v) is 4.45. The number of hydrogen-bond acceptors (Lipinski definition) is 3. The second-order valence-corrected chi connectivity index (χ2v) is 8.21. The summed E-state index contributed by atoms with van der Waals surface area (Å²) in [6, 6.07) is 7.42. The minimum Gasteiger partial charge on any atom is -0.378 e. The van der Waals surface area contributed by atoms with Gasteiger partial charge in [-0.15, -0.1) is 0 Å². The van der Waals surface area contributed by atoms with E-state index in [0.717, 1.165) is 23.7 Å². The van der Waals surface area contributed by atoms with Gasteiger partial charge < -0.3 is 19.5 Å². The lowest BCUT2D eigenvalue weighted by atomic mass is 9.84. The van der Waals surface area contributed by atoms with Crippen LogP contribution in [0.5, 0.6) is 0 Å². The van der Waals surface area contributed by atoms with Gasteiger partial charge in [0.15, 0.2) is 0 Å². The Kier molecular flexibility index (Phi) is 5.60. The number of benzene rings is 1. The largest absolute Gasteiger partial charge is 0.378 e. The van der Waals surface area contributed by atoms with Crippen molar-refractivity contribution in [2.24, 2.45) is 11.8 Å². The fraction of sp³-hybridized carbons (Fsp3) is 0.524. The van der Waals surface area contributed by atoms with Gasteiger partial charge >= 0.3 is 0 Å². The molecular weight excluding hydrogens is 378 g/mol. The molecule has 150 valence electrons. The van der Waals surface area contributed by atoms with Crippen molar-refractivity contribution >= 4 is 34.3 Å². The van der Waals surface area contributed by atoms with Crippen molar-refractivity contribution in [2.45, 2.75) is 19.8 Å². The van der Waals surface area contributed by atoms with Crippen LogP contribution < -0.4 is 0 Å². The predicted octanol–water partition coefficient (Wildman–Crippen LogP) is 3.17. The molecule has 1 atom stereocenters. The minimum atomic E-state index is -0.00873. The third kappa shape index (κ3) is 3.89. The van der Waals surface area contributed by atoms with Gasteiger partial charge in [0.05, 0.1) is 13.2 Å². The molecule has 2 fully saturated rings. The molecule has 2 aromatic rings. The number of aromatic amines is 1. The zero-order valence-corrected chi connectivity index (χ0v) is 16.9. The number of fused-ring (bicyclic) bond motifs is 1. The van der Waals surface area contributed by atoms with E-state index in [9.17, 15) is 9.59 Å². The van der Waals surface area contributed by atoms with Crippen LogP contribution >= 0.6 is 11.6 Å². The lowest BCUT2D eigenvalue weighted by Gasteiger charge is -2.37. The van der Waals surface area contributed by atoms with Crippen molar-refractivity contribution in [3.8, 4) is 0 Å². The molecule has 3 heterocycles. The van der Waals surface area contributed by atoms with E-state index in [4.69, 9.17) is 16.3 Å². The van der Waals surface area contributed by atoms with Crippen LogP contribution in [-0.2, 0) is 9.53 Å². The van der Waals surface area contributed by atoms with E-state index in [1.54, 1.807) is 0 Å². The zero-order chi connectivity index (χ0) is 19.7. The molecule has 0 spiro atoms. The number of carbonyl (C=O) groups is 2. The van der Waals surface area contributed by atoms with Gasteiger partial charge in [0.2, 0.25) is 5.91 Å². The van der Waals surface area contributed by atoms with Crippen LogP contribution in [0.15, 0.2) is 24.3 Å². The first kappa shape index (κ1) is 19.3. The number of ether oxygens (including phenoxy) is 1. The number of nitrogens with zero attached hydrogens (tertiary/aromatic N) is 2. The molecule has 1 aromatic carbocycles. The molecule has 1 N–H and O–H groups in total. The Morgan fingerprint density at radius 2 is 1.82 bits per heavy atom. The second-order valence-electron chi connectivity index (χ2n) is 7.77. The van der Waals surface area contributed by atoms with Crippen LogP contribution in [0.2, 0.25) is 5.02 Å². The van der Waals surface area contributed by atoms with E-state index in [1.165, 1.54) is 0 Å². The molecule has 0 saturated carbocycles. The number of rotatable bonds is 3. The average molecular weight is 404 g/mol. The van der Waals surface area contributed by atoms with Crippen molar-refractivity contribution in [1.82, 2.24) is 14.8 Å². The van der Waals surface area contributed by atoms with Gasteiger partial charge in [0.25, 0.3) is 5.91 Å². The van der Waals surface area contributed by atoms with Gasteiger partial charge in [-0.1, -0.05) is 18.5 Å². The monoisotopic (exact) mass is 403 g/mol. The fourth-order valence-electron chi connectivity index (χ4n) is 4.26.